The average molecular weight is 340 g/mol. The standard InChI is InChI=1S/C16H22BrNO2/c17-14-7-11-5-6-20-16(11)13(8-14)9-18-15-4-2-1-3-12(15)10-19/h7-8,12,15,18-19H,1-6,9-10H2. The minimum Gasteiger partial charge on any atom is -0.493 e. The van der Waals surface area contributed by atoms with E-state index in [0.717, 1.165) is 36.2 Å². The topological polar surface area (TPSA) is 41.5 Å². The smallest absolute Gasteiger partial charge is 0.127 e. The molecule has 2 unspecified atom stereocenters. The summed E-state index contributed by atoms with van der Waals surface area (Å²) in [6, 6.07) is 4.74. The molecule has 0 radical (unpaired) electrons. The van der Waals surface area contributed by atoms with Crippen LogP contribution < -0.4 is 10.1 Å². The van der Waals surface area contributed by atoms with E-state index in [0.29, 0.717) is 18.6 Å². The molecule has 0 spiro atoms. The highest BCUT2D eigenvalue weighted by atomic mass is 79.9. The zero-order valence-electron chi connectivity index (χ0n) is 11.7. The summed E-state index contributed by atoms with van der Waals surface area (Å²) in [6.07, 6.45) is 5.83. The Morgan fingerprint density at radius 1 is 1.30 bits per heavy atom. The van der Waals surface area contributed by atoms with Gasteiger partial charge >= 0.3 is 0 Å². The number of benzene rings is 1. The van der Waals surface area contributed by atoms with Crippen molar-refractivity contribution in [3.05, 3.63) is 27.7 Å². The van der Waals surface area contributed by atoms with Crippen LogP contribution in [0.2, 0.25) is 0 Å². The van der Waals surface area contributed by atoms with E-state index in [2.05, 4.69) is 33.4 Å². The molecule has 3 nitrogen and oxygen atoms in total. The quantitative estimate of drug-likeness (QED) is 0.885. The van der Waals surface area contributed by atoms with Crippen molar-refractivity contribution >= 4 is 15.9 Å². The van der Waals surface area contributed by atoms with Crippen LogP contribution in [0.1, 0.15) is 36.8 Å². The second-order valence-electron chi connectivity index (χ2n) is 5.87. The first-order chi connectivity index (χ1) is 9.78. The van der Waals surface area contributed by atoms with Gasteiger partial charge in [-0.05, 0) is 36.5 Å². The second-order valence-corrected chi connectivity index (χ2v) is 6.78. The Morgan fingerprint density at radius 2 is 2.15 bits per heavy atom. The van der Waals surface area contributed by atoms with Gasteiger partial charge in [0.25, 0.3) is 0 Å². The van der Waals surface area contributed by atoms with Crippen LogP contribution in [0.15, 0.2) is 16.6 Å². The van der Waals surface area contributed by atoms with Crippen LogP contribution in [-0.2, 0) is 13.0 Å². The minimum absolute atomic E-state index is 0.296. The fraction of sp³-hybridized carbons (Fsp3) is 0.625. The molecule has 110 valence electrons. The van der Waals surface area contributed by atoms with E-state index in [1.807, 2.05) is 0 Å². The van der Waals surface area contributed by atoms with Gasteiger partial charge in [-0.25, -0.2) is 0 Å². The van der Waals surface area contributed by atoms with E-state index in [4.69, 9.17) is 4.74 Å². The molecule has 0 aromatic heterocycles. The van der Waals surface area contributed by atoms with E-state index < -0.39 is 0 Å². The molecule has 0 bridgehead atoms. The van der Waals surface area contributed by atoms with Crippen molar-refractivity contribution in [2.24, 2.45) is 5.92 Å². The maximum atomic E-state index is 9.49. The summed E-state index contributed by atoms with van der Waals surface area (Å²) < 4.78 is 6.89. The van der Waals surface area contributed by atoms with E-state index in [1.165, 1.54) is 30.4 Å². The lowest BCUT2D eigenvalue weighted by Gasteiger charge is -2.31. The number of fused-ring (bicyclic) bond motifs is 1. The summed E-state index contributed by atoms with van der Waals surface area (Å²) in [6.45, 7) is 1.91. The summed E-state index contributed by atoms with van der Waals surface area (Å²) >= 11 is 3.58. The first-order valence-electron chi connectivity index (χ1n) is 7.56. The minimum atomic E-state index is 0.296. The summed E-state index contributed by atoms with van der Waals surface area (Å²) in [5.74, 6) is 1.47. The van der Waals surface area contributed by atoms with Gasteiger partial charge in [-0.15, -0.1) is 0 Å². The van der Waals surface area contributed by atoms with Gasteiger partial charge in [0.2, 0.25) is 0 Å². The van der Waals surface area contributed by atoms with Gasteiger partial charge in [-0.3, -0.25) is 0 Å². The lowest BCUT2D eigenvalue weighted by atomic mass is 9.85. The Bertz CT molecular complexity index is 478. The van der Waals surface area contributed by atoms with Gasteiger partial charge < -0.3 is 15.2 Å². The number of nitrogens with one attached hydrogen (secondary N) is 1. The molecule has 4 heteroatoms. The molecular formula is C16H22BrNO2. The van der Waals surface area contributed by atoms with Crippen molar-refractivity contribution in [2.75, 3.05) is 13.2 Å². The van der Waals surface area contributed by atoms with Crippen molar-refractivity contribution in [1.82, 2.24) is 5.32 Å². The molecule has 1 aliphatic carbocycles. The number of hydrogen-bond donors (Lipinski definition) is 2. The molecule has 3 rings (SSSR count). The molecule has 1 fully saturated rings. The molecule has 1 heterocycles. The second kappa shape index (κ2) is 6.46. The third kappa shape index (κ3) is 3.02. The van der Waals surface area contributed by atoms with Gasteiger partial charge in [-0.2, -0.15) is 0 Å². The molecule has 1 aliphatic heterocycles. The number of rotatable bonds is 4. The van der Waals surface area contributed by atoms with Crippen LogP contribution >= 0.6 is 15.9 Å². The molecule has 2 N–H and O–H groups in total. The molecular weight excluding hydrogens is 318 g/mol. The monoisotopic (exact) mass is 339 g/mol. The van der Waals surface area contributed by atoms with Crippen molar-refractivity contribution in [3.8, 4) is 5.75 Å². The first kappa shape index (κ1) is 14.4. The highest BCUT2D eigenvalue weighted by molar-refractivity contribution is 9.10. The first-order valence-corrected chi connectivity index (χ1v) is 8.35. The molecule has 1 saturated carbocycles. The van der Waals surface area contributed by atoms with Crippen molar-refractivity contribution in [1.29, 1.82) is 0 Å². The fourth-order valence-electron chi connectivity index (χ4n) is 3.41. The number of ether oxygens (including phenoxy) is 1. The van der Waals surface area contributed by atoms with Crippen LogP contribution in [0.3, 0.4) is 0 Å². The highest BCUT2D eigenvalue weighted by Gasteiger charge is 2.25. The van der Waals surface area contributed by atoms with Crippen molar-refractivity contribution < 1.29 is 9.84 Å². The summed E-state index contributed by atoms with van der Waals surface area (Å²) in [4.78, 5) is 0. The van der Waals surface area contributed by atoms with Crippen LogP contribution in [0, 0.1) is 5.92 Å². The molecule has 0 amide bonds. The highest BCUT2D eigenvalue weighted by Crippen LogP contribution is 2.33. The lowest BCUT2D eigenvalue weighted by molar-refractivity contribution is 0.152. The fourth-order valence-corrected chi connectivity index (χ4v) is 3.97. The van der Waals surface area contributed by atoms with Gasteiger partial charge in [0.05, 0.1) is 6.61 Å². The van der Waals surface area contributed by atoms with Crippen LogP contribution in [-0.4, -0.2) is 24.4 Å². The maximum absolute atomic E-state index is 9.49. The third-order valence-corrected chi connectivity index (χ3v) is 4.98. The Labute approximate surface area is 128 Å². The zero-order chi connectivity index (χ0) is 13.9. The van der Waals surface area contributed by atoms with Crippen LogP contribution in [0.5, 0.6) is 5.75 Å². The Hall–Kier alpha value is -0.580. The predicted molar refractivity (Wildman–Crippen MR) is 83.0 cm³/mol. The van der Waals surface area contributed by atoms with Crippen molar-refractivity contribution in [3.63, 3.8) is 0 Å². The third-order valence-electron chi connectivity index (χ3n) is 4.52. The Kier molecular flexibility index (Phi) is 4.64. The number of halogens is 1. The van der Waals surface area contributed by atoms with Crippen molar-refractivity contribution in [2.45, 2.75) is 44.7 Å². The number of aliphatic hydroxyl groups excluding tert-OH is 1. The van der Waals surface area contributed by atoms with Gasteiger partial charge in [-0.1, -0.05) is 28.8 Å². The largest absolute Gasteiger partial charge is 0.493 e. The molecule has 2 aliphatic rings. The molecule has 1 aromatic carbocycles. The Morgan fingerprint density at radius 3 is 3.00 bits per heavy atom. The van der Waals surface area contributed by atoms with E-state index >= 15 is 0 Å². The van der Waals surface area contributed by atoms with Gasteiger partial charge in [0.1, 0.15) is 5.75 Å². The van der Waals surface area contributed by atoms with Crippen LogP contribution in [0.4, 0.5) is 0 Å². The summed E-state index contributed by atoms with van der Waals surface area (Å²) in [7, 11) is 0. The number of hydrogen-bond acceptors (Lipinski definition) is 3. The number of aliphatic hydroxyl groups is 1. The summed E-state index contributed by atoms with van der Waals surface area (Å²) in [5.41, 5.74) is 2.53. The molecule has 1 aromatic rings. The molecule has 0 saturated heterocycles. The lowest BCUT2D eigenvalue weighted by Crippen LogP contribution is -2.39. The zero-order valence-corrected chi connectivity index (χ0v) is 13.3. The Balaban J connectivity index is 1.69. The predicted octanol–water partition coefficient (Wildman–Crippen LogP) is 3.02. The molecule has 20 heavy (non-hydrogen) atoms. The van der Waals surface area contributed by atoms with E-state index in [1.54, 1.807) is 0 Å². The summed E-state index contributed by atoms with van der Waals surface area (Å²) in [5, 5.41) is 13.1. The van der Waals surface area contributed by atoms with Gasteiger partial charge in [0, 0.05) is 35.7 Å². The average Bonchev–Trinajstić information content (AvgIpc) is 2.93. The maximum Gasteiger partial charge on any atom is 0.127 e. The van der Waals surface area contributed by atoms with Crippen LogP contribution in [0.25, 0.3) is 0 Å². The van der Waals surface area contributed by atoms with E-state index in [-0.39, 0.29) is 0 Å². The molecule has 2 atom stereocenters. The SMILES string of the molecule is OCC1CCCCC1NCc1cc(Br)cc2c1OCC2. The normalized spacial score (nSPS) is 25.3. The van der Waals surface area contributed by atoms with Gasteiger partial charge in [0.15, 0.2) is 0 Å². The van der Waals surface area contributed by atoms with E-state index in [9.17, 15) is 5.11 Å².